The Labute approximate surface area is 142 Å². The fourth-order valence-corrected chi connectivity index (χ4v) is 4.21. The molecule has 1 aromatic carbocycles. The first-order valence-corrected chi connectivity index (χ1v) is 9.11. The van der Waals surface area contributed by atoms with E-state index in [9.17, 15) is 4.79 Å². The van der Waals surface area contributed by atoms with E-state index in [1.165, 1.54) is 16.9 Å². The van der Waals surface area contributed by atoms with E-state index in [1.807, 2.05) is 17.0 Å². The minimum atomic E-state index is 0.0625. The van der Waals surface area contributed by atoms with E-state index in [0.717, 1.165) is 22.9 Å². The fourth-order valence-electron chi connectivity index (χ4n) is 2.66. The van der Waals surface area contributed by atoms with E-state index in [0.29, 0.717) is 9.90 Å². The zero-order valence-corrected chi connectivity index (χ0v) is 15.5. The van der Waals surface area contributed by atoms with Gasteiger partial charge >= 0.3 is 0 Å². The van der Waals surface area contributed by atoms with Crippen molar-refractivity contribution in [3.05, 3.63) is 33.7 Å². The molecule has 0 spiro atoms. The summed E-state index contributed by atoms with van der Waals surface area (Å²) in [5, 5.41) is 1.58. The summed E-state index contributed by atoms with van der Waals surface area (Å²) >= 11 is 8.01. The molecule has 0 fully saturated rings. The highest BCUT2D eigenvalue weighted by molar-refractivity contribution is 7.21. The number of hydrogen-bond donors (Lipinski definition) is 0. The number of carbonyl (C=O) groups excluding carboxylic acids is 1. The smallest absolute Gasteiger partial charge is 0.265 e. The van der Waals surface area contributed by atoms with Crippen LogP contribution in [-0.4, -0.2) is 22.9 Å². The SMILES string of the molecule is CC[C@@H](C)N(C(=O)c1sc2cc(C)ccc2c1Cl)[C@H](C)CC. The summed E-state index contributed by atoms with van der Waals surface area (Å²) in [5.41, 5.74) is 1.19. The maximum atomic E-state index is 13.1. The molecule has 0 saturated carbocycles. The van der Waals surface area contributed by atoms with Crippen LogP contribution < -0.4 is 0 Å². The third-order valence-electron chi connectivity index (χ3n) is 4.35. The Kier molecular flexibility index (Phi) is 5.51. The van der Waals surface area contributed by atoms with Gasteiger partial charge in [0.1, 0.15) is 4.88 Å². The first kappa shape index (κ1) is 17.3. The Hall–Kier alpha value is -1.06. The lowest BCUT2D eigenvalue weighted by Gasteiger charge is -2.33. The molecule has 0 bridgehead atoms. The highest BCUT2D eigenvalue weighted by atomic mass is 35.5. The summed E-state index contributed by atoms with van der Waals surface area (Å²) in [7, 11) is 0. The third kappa shape index (κ3) is 3.16. The molecular weight excluding hydrogens is 314 g/mol. The molecular formula is C18H24ClNOS. The molecule has 0 aliphatic carbocycles. The second-order valence-electron chi connectivity index (χ2n) is 5.97. The van der Waals surface area contributed by atoms with E-state index >= 15 is 0 Å². The van der Waals surface area contributed by atoms with Gasteiger partial charge in [0.05, 0.1) is 5.02 Å². The lowest BCUT2D eigenvalue weighted by molar-refractivity contribution is 0.0604. The van der Waals surface area contributed by atoms with Crippen molar-refractivity contribution in [1.82, 2.24) is 4.90 Å². The Bertz CT molecular complexity index is 669. The molecule has 2 atom stereocenters. The Morgan fingerprint density at radius 3 is 2.36 bits per heavy atom. The number of hydrogen-bond acceptors (Lipinski definition) is 2. The van der Waals surface area contributed by atoms with Crippen LogP contribution in [0, 0.1) is 6.92 Å². The van der Waals surface area contributed by atoms with Crippen LogP contribution in [0.4, 0.5) is 0 Å². The average molecular weight is 338 g/mol. The molecule has 4 heteroatoms. The van der Waals surface area contributed by atoms with Crippen LogP contribution >= 0.6 is 22.9 Å². The minimum absolute atomic E-state index is 0.0625. The van der Waals surface area contributed by atoms with Crippen molar-refractivity contribution in [2.45, 2.75) is 59.5 Å². The van der Waals surface area contributed by atoms with Gasteiger partial charge in [-0.2, -0.15) is 0 Å². The fraction of sp³-hybridized carbons (Fsp3) is 0.500. The molecule has 0 radical (unpaired) electrons. The Morgan fingerprint density at radius 2 is 1.82 bits per heavy atom. The molecule has 0 aliphatic rings. The van der Waals surface area contributed by atoms with E-state index in [1.54, 1.807) is 0 Å². The summed E-state index contributed by atoms with van der Waals surface area (Å²) in [6, 6.07) is 6.57. The highest BCUT2D eigenvalue weighted by Crippen LogP contribution is 2.37. The zero-order valence-electron chi connectivity index (χ0n) is 13.9. The van der Waals surface area contributed by atoms with Crippen molar-refractivity contribution < 1.29 is 4.79 Å². The largest absolute Gasteiger partial charge is 0.333 e. The quantitative estimate of drug-likeness (QED) is 0.664. The van der Waals surface area contributed by atoms with Crippen molar-refractivity contribution in [3.63, 3.8) is 0 Å². The number of benzene rings is 1. The van der Waals surface area contributed by atoms with Gasteiger partial charge in [-0.25, -0.2) is 0 Å². The monoisotopic (exact) mass is 337 g/mol. The number of halogens is 1. The first-order chi connectivity index (χ1) is 10.4. The number of nitrogens with zero attached hydrogens (tertiary/aromatic N) is 1. The van der Waals surface area contributed by atoms with E-state index in [2.05, 4.69) is 40.7 Å². The van der Waals surface area contributed by atoms with Crippen LogP contribution in [-0.2, 0) is 0 Å². The van der Waals surface area contributed by atoms with E-state index < -0.39 is 0 Å². The van der Waals surface area contributed by atoms with Crippen molar-refractivity contribution in [2.75, 3.05) is 0 Å². The van der Waals surface area contributed by atoms with Gasteiger partial charge in [0.25, 0.3) is 5.91 Å². The van der Waals surface area contributed by atoms with Crippen LogP contribution in [0.2, 0.25) is 5.02 Å². The number of fused-ring (bicyclic) bond motifs is 1. The van der Waals surface area contributed by atoms with Gasteiger partial charge < -0.3 is 4.90 Å². The van der Waals surface area contributed by atoms with Crippen molar-refractivity contribution in [3.8, 4) is 0 Å². The Balaban J connectivity index is 2.48. The predicted octanol–water partition coefficient (Wildman–Crippen LogP) is 5.90. The molecule has 1 heterocycles. The molecule has 0 saturated heterocycles. The predicted molar refractivity (Wildman–Crippen MR) is 97.2 cm³/mol. The molecule has 2 nitrogen and oxygen atoms in total. The van der Waals surface area contributed by atoms with Gasteiger partial charge in [0.15, 0.2) is 0 Å². The van der Waals surface area contributed by atoms with Crippen LogP contribution in [0.1, 0.15) is 55.8 Å². The molecule has 1 amide bonds. The second-order valence-corrected chi connectivity index (χ2v) is 7.40. The first-order valence-electron chi connectivity index (χ1n) is 7.91. The number of thiophene rings is 1. The number of amides is 1. The van der Waals surface area contributed by atoms with Crippen molar-refractivity contribution >= 4 is 38.9 Å². The molecule has 0 N–H and O–H groups in total. The van der Waals surface area contributed by atoms with Crippen LogP contribution in [0.15, 0.2) is 18.2 Å². The number of rotatable bonds is 5. The molecule has 0 unspecified atom stereocenters. The lowest BCUT2D eigenvalue weighted by Crippen LogP contribution is -2.44. The molecule has 0 aliphatic heterocycles. The lowest BCUT2D eigenvalue weighted by atomic mass is 10.1. The van der Waals surface area contributed by atoms with Gasteiger partial charge in [-0.1, -0.05) is 37.6 Å². The topological polar surface area (TPSA) is 20.3 Å². The highest BCUT2D eigenvalue weighted by Gasteiger charge is 2.28. The van der Waals surface area contributed by atoms with Gasteiger partial charge in [0, 0.05) is 22.2 Å². The van der Waals surface area contributed by atoms with E-state index in [4.69, 9.17) is 11.6 Å². The summed E-state index contributed by atoms with van der Waals surface area (Å²) in [6.07, 6.45) is 1.88. The van der Waals surface area contributed by atoms with E-state index in [-0.39, 0.29) is 18.0 Å². The van der Waals surface area contributed by atoms with Crippen molar-refractivity contribution in [2.24, 2.45) is 0 Å². The summed E-state index contributed by atoms with van der Waals surface area (Å²) in [4.78, 5) is 15.7. The molecule has 1 aromatic heterocycles. The average Bonchev–Trinajstić information content (AvgIpc) is 2.83. The zero-order chi connectivity index (χ0) is 16.4. The van der Waals surface area contributed by atoms with Gasteiger partial charge in [-0.05, 0) is 45.2 Å². The van der Waals surface area contributed by atoms with Gasteiger partial charge in [-0.3, -0.25) is 4.79 Å². The van der Waals surface area contributed by atoms with Crippen LogP contribution in [0.5, 0.6) is 0 Å². The van der Waals surface area contributed by atoms with Crippen LogP contribution in [0.25, 0.3) is 10.1 Å². The molecule has 2 rings (SSSR count). The maximum Gasteiger partial charge on any atom is 0.265 e. The summed E-state index contributed by atoms with van der Waals surface area (Å²) in [5.74, 6) is 0.0625. The maximum absolute atomic E-state index is 13.1. The third-order valence-corrected chi connectivity index (χ3v) is 5.99. The second kappa shape index (κ2) is 7.01. The van der Waals surface area contributed by atoms with Crippen molar-refractivity contribution in [1.29, 1.82) is 0 Å². The minimum Gasteiger partial charge on any atom is -0.333 e. The van der Waals surface area contributed by atoms with Gasteiger partial charge in [-0.15, -0.1) is 11.3 Å². The summed E-state index contributed by atoms with van der Waals surface area (Å²) in [6.45, 7) is 10.5. The summed E-state index contributed by atoms with van der Waals surface area (Å²) < 4.78 is 1.08. The molecule has 22 heavy (non-hydrogen) atoms. The molecule has 2 aromatic rings. The van der Waals surface area contributed by atoms with Gasteiger partial charge in [0.2, 0.25) is 0 Å². The Morgan fingerprint density at radius 1 is 1.23 bits per heavy atom. The molecule has 120 valence electrons. The standard InChI is InChI=1S/C18H24ClNOS/c1-6-12(4)20(13(5)7-2)18(21)17-16(19)14-9-8-11(3)10-15(14)22-17/h8-10,12-13H,6-7H2,1-5H3/t12-,13-/m1/s1. The number of aryl methyl sites for hydroxylation is 1. The van der Waals surface area contributed by atoms with Crippen LogP contribution in [0.3, 0.4) is 0 Å². The number of carbonyl (C=O) groups is 1. The normalized spacial score (nSPS) is 14.1.